The fourth-order valence-corrected chi connectivity index (χ4v) is 3.47. The van der Waals surface area contributed by atoms with Crippen molar-refractivity contribution in [2.45, 2.75) is 32.6 Å². The Morgan fingerprint density at radius 3 is 2.60 bits per heavy atom. The van der Waals surface area contributed by atoms with Crippen LogP contribution in [-0.2, 0) is 0 Å². The highest BCUT2D eigenvalue weighted by atomic mass is 15.2. The number of aromatic nitrogens is 1. The largest absolute Gasteiger partial charge is 0.396 e. The van der Waals surface area contributed by atoms with Crippen LogP contribution in [0.15, 0.2) is 12.3 Å². The Kier molecular flexibility index (Phi) is 4.10. The van der Waals surface area contributed by atoms with Gasteiger partial charge in [-0.1, -0.05) is 0 Å². The molecule has 2 N–H and O–H groups in total. The van der Waals surface area contributed by atoms with Gasteiger partial charge >= 0.3 is 0 Å². The van der Waals surface area contributed by atoms with E-state index in [1.54, 1.807) is 0 Å². The summed E-state index contributed by atoms with van der Waals surface area (Å²) in [6.07, 6.45) is 7.19. The monoisotopic (exact) mass is 274 g/mol. The molecule has 0 aromatic carbocycles. The number of pyridine rings is 1. The molecule has 0 spiro atoms. The lowest BCUT2D eigenvalue weighted by Crippen LogP contribution is -2.38. The van der Waals surface area contributed by atoms with Gasteiger partial charge in [0.15, 0.2) is 5.82 Å². The molecule has 3 rings (SSSR count). The summed E-state index contributed by atoms with van der Waals surface area (Å²) in [6.45, 7) is 8.17. The van der Waals surface area contributed by atoms with E-state index in [1.807, 2.05) is 12.3 Å². The van der Waals surface area contributed by atoms with E-state index in [9.17, 15) is 0 Å². The molecule has 1 aromatic rings. The molecule has 2 aliphatic heterocycles. The third-order valence-corrected chi connectivity index (χ3v) is 4.82. The number of nitrogen functional groups attached to an aromatic ring is 1. The molecule has 2 saturated heterocycles. The highest BCUT2D eigenvalue weighted by molar-refractivity contribution is 5.66. The zero-order valence-corrected chi connectivity index (χ0v) is 12.5. The zero-order chi connectivity index (χ0) is 13.9. The smallest absolute Gasteiger partial charge is 0.152 e. The first-order valence-corrected chi connectivity index (χ1v) is 7.92. The minimum absolute atomic E-state index is 0.852. The summed E-state index contributed by atoms with van der Waals surface area (Å²) < 4.78 is 0. The minimum Gasteiger partial charge on any atom is -0.396 e. The minimum atomic E-state index is 0.852. The Morgan fingerprint density at radius 2 is 1.90 bits per heavy atom. The Hall–Kier alpha value is -1.29. The van der Waals surface area contributed by atoms with Crippen LogP contribution >= 0.6 is 0 Å². The number of nitrogens with zero attached hydrogens (tertiary/aromatic N) is 3. The first-order valence-electron chi connectivity index (χ1n) is 7.92. The SMILES string of the molecule is Cc1ccnc(N2CCC(CN3CCCC3)CC2)c1N. The summed E-state index contributed by atoms with van der Waals surface area (Å²) in [6, 6.07) is 1.99. The predicted molar refractivity (Wildman–Crippen MR) is 84.0 cm³/mol. The van der Waals surface area contributed by atoms with E-state index in [1.165, 1.54) is 45.3 Å². The molecule has 4 heteroatoms. The van der Waals surface area contributed by atoms with E-state index in [0.717, 1.165) is 36.1 Å². The Balaban J connectivity index is 1.56. The molecular formula is C16H26N4. The van der Waals surface area contributed by atoms with Gasteiger partial charge in [0.25, 0.3) is 0 Å². The molecule has 1 aromatic heterocycles. The number of hydrogen-bond donors (Lipinski definition) is 1. The molecule has 0 saturated carbocycles. The Morgan fingerprint density at radius 1 is 1.20 bits per heavy atom. The van der Waals surface area contributed by atoms with Crippen LogP contribution in [0.3, 0.4) is 0 Å². The van der Waals surface area contributed by atoms with Gasteiger partial charge in [-0.05, 0) is 63.2 Å². The lowest BCUT2D eigenvalue weighted by molar-refractivity contribution is 0.249. The third-order valence-electron chi connectivity index (χ3n) is 4.82. The Labute approximate surface area is 122 Å². The van der Waals surface area contributed by atoms with E-state index in [2.05, 4.69) is 21.7 Å². The second kappa shape index (κ2) is 6.00. The zero-order valence-electron chi connectivity index (χ0n) is 12.5. The molecule has 0 unspecified atom stereocenters. The van der Waals surface area contributed by atoms with Gasteiger partial charge in [0.05, 0.1) is 5.69 Å². The van der Waals surface area contributed by atoms with Gasteiger partial charge in [-0.2, -0.15) is 0 Å². The first kappa shape index (κ1) is 13.7. The van der Waals surface area contributed by atoms with Crippen molar-refractivity contribution in [2.24, 2.45) is 5.92 Å². The van der Waals surface area contributed by atoms with Crippen molar-refractivity contribution in [2.75, 3.05) is 43.4 Å². The summed E-state index contributed by atoms with van der Waals surface area (Å²) in [5.41, 5.74) is 8.15. The second-order valence-electron chi connectivity index (χ2n) is 6.30. The molecule has 2 aliphatic rings. The quantitative estimate of drug-likeness (QED) is 0.918. The van der Waals surface area contributed by atoms with Gasteiger partial charge in [-0.3, -0.25) is 0 Å². The molecule has 0 aliphatic carbocycles. The molecule has 0 amide bonds. The molecule has 4 nitrogen and oxygen atoms in total. The number of aryl methyl sites for hydroxylation is 1. The van der Waals surface area contributed by atoms with Crippen LogP contribution in [0, 0.1) is 12.8 Å². The number of piperidine rings is 1. The standard InChI is InChI=1S/C16H26N4/c1-13-4-7-18-16(15(13)17)20-10-5-14(6-11-20)12-19-8-2-3-9-19/h4,7,14H,2-3,5-6,8-12,17H2,1H3. The maximum atomic E-state index is 6.17. The van der Waals surface area contributed by atoms with Gasteiger partial charge < -0.3 is 15.5 Å². The lowest BCUT2D eigenvalue weighted by atomic mass is 9.96. The summed E-state index contributed by atoms with van der Waals surface area (Å²) in [5.74, 6) is 1.85. The van der Waals surface area contributed by atoms with Crippen molar-refractivity contribution in [3.63, 3.8) is 0 Å². The maximum Gasteiger partial charge on any atom is 0.152 e. The van der Waals surface area contributed by atoms with Crippen LogP contribution in [0.1, 0.15) is 31.2 Å². The molecule has 0 radical (unpaired) electrons. The third kappa shape index (κ3) is 2.90. The van der Waals surface area contributed by atoms with Gasteiger partial charge in [-0.25, -0.2) is 4.98 Å². The van der Waals surface area contributed by atoms with Crippen LogP contribution in [0.25, 0.3) is 0 Å². The van der Waals surface area contributed by atoms with Gasteiger partial charge in [0.2, 0.25) is 0 Å². The molecule has 0 atom stereocenters. The molecule has 0 bridgehead atoms. The molecular weight excluding hydrogens is 248 g/mol. The second-order valence-corrected chi connectivity index (χ2v) is 6.30. The van der Waals surface area contributed by atoms with E-state index in [0.29, 0.717) is 0 Å². The van der Waals surface area contributed by atoms with Crippen LogP contribution in [-0.4, -0.2) is 42.6 Å². The normalized spacial score (nSPS) is 21.6. The first-order chi connectivity index (χ1) is 9.74. The fourth-order valence-electron chi connectivity index (χ4n) is 3.47. The molecule has 20 heavy (non-hydrogen) atoms. The Bertz CT molecular complexity index is 446. The van der Waals surface area contributed by atoms with Crippen LogP contribution in [0.4, 0.5) is 11.5 Å². The summed E-state index contributed by atoms with van der Waals surface area (Å²) in [5, 5.41) is 0. The maximum absolute atomic E-state index is 6.17. The van der Waals surface area contributed by atoms with E-state index in [4.69, 9.17) is 5.73 Å². The van der Waals surface area contributed by atoms with Gasteiger partial charge in [-0.15, -0.1) is 0 Å². The molecule has 2 fully saturated rings. The van der Waals surface area contributed by atoms with Crippen molar-refractivity contribution in [1.29, 1.82) is 0 Å². The van der Waals surface area contributed by atoms with Crippen LogP contribution < -0.4 is 10.6 Å². The van der Waals surface area contributed by atoms with Crippen molar-refractivity contribution in [3.8, 4) is 0 Å². The number of rotatable bonds is 3. The fraction of sp³-hybridized carbons (Fsp3) is 0.688. The van der Waals surface area contributed by atoms with Crippen LogP contribution in [0.2, 0.25) is 0 Å². The van der Waals surface area contributed by atoms with Gasteiger partial charge in [0.1, 0.15) is 0 Å². The summed E-state index contributed by atoms with van der Waals surface area (Å²) in [4.78, 5) is 9.48. The van der Waals surface area contributed by atoms with Crippen molar-refractivity contribution < 1.29 is 0 Å². The average molecular weight is 274 g/mol. The lowest BCUT2D eigenvalue weighted by Gasteiger charge is -2.35. The number of nitrogens with two attached hydrogens (primary N) is 1. The number of hydrogen-bond acceptors (Lipinski definition) is 4. The molecule has 110 valence electrons. The van der Waals surface area contributed by atoms with Crippen LogP contribution in [0.5, 0.6) is 0 Å². The summed E-state index contributed by atoms with van der Waals surface area (Å²) in [7, 11) is 0. The van der Waals surface area contributed by atoms with E-state index < -0.39 is 0 Å². The van der Waals surface area contributed by atoms with Crippen molar-refractivity contribution >= 4 is 11.5 Å². The molecule has 3 heterocycles. The highest BCUT2D eigenvalue weighted by Gasteiger charge is 2.24. The topological polar surface area (TPSA) is 45.4 Å². The highest BCUT2D eigenvalue weighted by Crippen LogP contribution is 2.28. The van der Waals surface area contributed by atoms with Crippen molar-refractivity contribution in [1.82, 2.24) is 9.88 Å². The predicted octanol–water partition coefficient (Wildman–Crippen LogP) is 2.28. The van der Waals surface area contributed by atoms with Gasteiger partial charge in [0, 0.05) is 25.8 Å². The summed E-state index contributed by atoms with van der Waals surface area (Å²) >= 11 is 0. The number of likely N-dealkylation sites (tertiary alicyclic amines) is 1. The van der Waals surface area contributed by atoms with Crippen molar-refractivity contribution in [3.05, 3.63) is 17.8 Å². The average Bonchev–Trinajstić information content (AvgIpc) is 2.96. The number of anilines is 2. The van der Waals surface area contributed by atoms with E-state index >= 15 is 0 Å². The van der Waals surface area contributed by atoms with E-state index in [-0.39, 0.29) is 0 Å².